The van der Waals surface area contributed by atoms with Crippen LogP contribution in [0.5, 0.6) is 0 Å². The number of carbonyl (C=O) groups excluding carboxylic acids is 3. The molecule has 0 fully saturated rings. The molecule has 0 aromatic heterocycles. The quantitative estimate of drug-likeness (QED) is 0.0264. The zero-order valence-electron chi connectivity index (χ0n) is 37.8. The highest BCUT2D eigenvalue weighted by Crippen LogP contribution is 2.15. The van der Waals surface area contributed by atoms with Gasteiger partial charge in [0.05, 0.1) is 0 Å². The van der Waals surface area contributed by atoms with Crippen molar-refractivity contribution in [3.05, 3.63) is 72.9 Å². The van der Waals surface area contributed by atoms with Crippen LogP contribution in [-0.4, -0.2) is 37.2 Å². The van der Waals surface area contributed by atoms with E-state index in [9.17, 15) is 14.4 Å². The molecule has 6 heteroatoms. The maximum absolute atomic E-state index is 12.7. The monoisotopic (exact) mass is 809 g/mol. The number of ether oxygens (including phenoxy) is 3. The van der Waals surface area contributed by atoms with Crippen LogP contribution >= 0.6 is 0 Å². The Bertz CT molecular complexity index is 1110. The van der Waals surface area contributed by atoms with E-state index in [1.807, 2.05) is 0 Å². The molecular formula is C52H88O6. The molecule has 0 spiro atoms. The predicted octanol–water partition coefficient (Wildman–Crippen LogP) is 15.5. The van der Waals surface area contributed by atoms with Gasteiger partial charge in [-0.15, -0.1) is 0 Å². The van der Waals surface area contributed by atoms with Crippen molar-refractivity contribution in [2.24, 2.45) is 0 Å². The van der Waals surface area contributed by atoms with Crippen LogP contribution in [0.1, 0.15) is 220 Å². The first kappa shape index (κ1) is 54.9. The molecule has 0 aliphatic heterocycles. The summed E-state index contributed by atoms with van der Waals surface area (Å²) < 4.78 is 16.7. The van der Waals surface area contributed by atoms with Crippen molar-refractivity contribution in [3.63, 3.8) is 0 Å². The number of hydrogen-bond acceptors (Lipinski definition) is 6. The van der Waals surface area contributed by atoms with E-state index in [4.69, 9.17) is 14.2 Å². The zero-order valence-corrected chi connectivity index (χ0v) is 37.8. The summed E-state index contributed by atoms with van der Waals surface area (Å²) in [6.07, 6.45) is 57.4. The van der Waals surface area contributed by atoms with Gasteiger partial charge in [-0.3, -0.25) is 14.4 Å². The molecule has 0 N–H and O–H groups in total. The van der Waals surface area contributed by atoms with Gasteiger partial charge in [-0.05, 0) is 57.8 Å². The maximum Gasteiger partial charge on any atom is 0.306 e. The third-order valence-electron chi connectivity index (χ3n) is 10.1. The summed E-state index contributed by atoms with van der Waals surface area (Å²) in [5.74, 6) is -0.933. The SMILES string of the molecule is CC\C=C/C=C\C=C/CCCCCCCC(=O)OCC(COC(=O)CCCCCCCCCCCCCCCC)OC(=O)CCCCCCC\C=C/C=C\C=C/CC. The van der Waals surface area contributed by atoms with Crippen LogP contribution in [0.25, 0.3) is 0 Å². The Labute approximate surface area is 357 Å². The number of carbonyl (C=O) groups is 3. The van der Waals surface area contributed by atoms with Gasteiger partial charge in [0.15, 0.2) is 6.10 Å². The van der Waals surface area contributed by atoms with E-state index in [-0.39, 0.29) is 31.1 Å². The van der Waals surface area contributed by atoms with Crippen molar-refractivity contribution >= 4 is 17.9 Å². The normalized spacial score (nSPS) is 12.7. The summed E-state index contributed by atoms with van der Waals surface area (Å²) in [4.78, 5) is 37.8. The van der Waals surface area contributed by atoms with Crippen molar-refractivity contribution < 1.29 is 28.6 Å². The number of rotatable bonds is 42. The van der Waals surface area contributed by atoms with Gasteiger partial charge in [0.25, 0.3) is 0 Å². The third kappa shape index (κ3) is 44.0. The molecule has 58 heavy (non-hydrogen) atoms. The van der Waals surface area contributed by atoms with Gasteiger partial charge in [-0.1, -0.05) is 216 Å². The Hall–Kier alpha value is -3.15. The summed E-state index contributed by atoms with van der Waals surface area (Å²) in [6.45, 7) is 6.33. The second-order valence-corrected chi connectivity index (χ2v) is 15.7. The zero-order chi connectivity index (χ0) is 42.3. The molecule has 0 aromatic carbocycles. The van der Waals surface area contributed by atoms with Gasteiger partial charge in [0.2, 0.25) is 0 Å². The van der Waals surface area contributed by atoms with Gasteiger partial charge < -0.3 is 14.2 Å². The van der Waals surface area contributed by atoms with Crippen molar-refractivity contribution in [1.29, 1.82) is 0 Å². The topological polar surface area (TPSA) is 78.9 Å². The minimum Gasteiger partial charge on any atom is -0.462 e. The van der Waals surface area contributed by atoms with Crippen molar-refractivity contribution in [2.45, 2.75) is 226 Å². The smallest absolute Gasteiger partial charge is 0.306 e. The molecule has 1 unspecified atom stereocenters. The molecule has 0 aliphatic rings. The van der Waals surface area contributed by atoms with E-state index in [1.165, 1.54) is 70.6 Å². The Morgan fingerprint density at radius 2 is 0.672 bits per heavy atom. The maximum atomic E-state index is 12.7. The third-order valence-corrected chi connectivity index (χ3v) is 10.1. The summed E-state index contributed by atoms with van der Waals surface area (Å²) in [5.41, 5.74) is 0. The second kappa shape index (κ2) is 46.5. The highest BCUT2D eigenvalue weighted by molar-refractivity contribution is 5.71. The average Bonchev–Trinajstić information content (AvgIpc) is 3.22. The van der Waals surface area contributed by atoms with E-state index in [0.29, 0.717) is 19.3 Å². The molecular weight excluding hydrogens is 721 g/mol. The molecule has 0 heterocycles. The van der Waals surface area contributed by atoms with Crippen LogP contribution in [0.3, 0.4) is 0 Å². The molecule has 0 saturated carbocycles. The van der Waals surface area contributed by atoms with E-state index < -0.39 is 6.10 Å². The molecule has 0 saturated heterocycles. The van der Waals surface area contributed by atoms with Crippen molar-refractivity contribution in [3.8, 4) is 0 Å². The molecule has 0 radical (unpaired) electrons. The highest BCUT2D eigenvalue weighted by atomic mass is 16.6. The van der Waals surface area contributed by atoms with Crippen LogP contribution in [-0.2, 0) is 28.6 Å². The lowest BCUT2D eigenvalue weighted by molar-refractivity contribution is -0.167. The number of hydrogen-bond donors (Lipinski definition) is 0. The number of allylic oxidation sites excluding steroid dienone is 12. The second-order valence-electron chi connectivity index (χ2n) is 15.7. The fourth-order valence-corrected chi connectivity index (χ4v) is 6.50. The first-order valence-electron chi connectivity index (χ1n) is 24.0. The molecule has 0 aromatic rings. The van der Waals surface area contributed by atoms with Crippen LogP contribution in [0.15, 0.2) is 72.9 Å². The lowest BCUT2D eigenvalue weighted by atomic mass is 10.0. The fraction of sp³-hybridized carbons (Fsp3) is 0.712. The first-order chi connectivity index (χ1) is 28.5. The van der Waals surface area contributed by atoms with E-state index in [1.54, 1.807) is 0 Å². The van der Waals surface area contributed by atoms with Gasteiger partial charge in [-0.2, -0.15) is 0 Å². The lowest BCUT2D eigenvalue weighted by Gasteiger charge is -2.18. The van der Waals surface area contributed by atoms with E-state index in [2.05, 4.69) is 93.7 Å². The molecule has 6 nitrogen and oxygen atoms in total. The summed E-state index contributed by atoms with van der Waals surface area (Å²) in [5, 5.41) is 0. The molecule has 332 valence electrons. The number of esters is 3. The molecule has 0 rings (SSSR count). The highest BCUT2D eigenvalue weighted by Gasteiger charge is 2.19. The number of unbranched alkanes of at least 4 members (excludes halogenated alkanes) is 23. The van der Waals surface area contributed by atoms with Crippen LogP contribution in [0.4, 0.5) is 0 Å². The summed E-state index contributed by atoms with van der Waals surface area (Å²) >= 11 is 0. The van der Waals surface area contributed by atoms with Gasteiger partial charge >= 0.3 is 17.9 Å². The summed E-state index contributed by atoms with van der Waals surface area (Å²) in [7, 11) is 0. The Balaban J connectivity index is 4.43. The molecule has 0 aliphatic carbocycles. The Kier molecular flexibility index (Phi) is 44.0. The van der Waals surface area contributed by atoms with E-state index >= 15 is 0 Å². The van der Waals surface area contributed by atoms with Gasteiger partial charge in [0, 0.05) is 19.3 Å². The van der Waals surface area contributed by atoms with Gasteiger partial charge in [0.1, 0.15) is 13.2 Å². The van der Waals surface area contributed by atoms with Crippen LogP contribution in [0, 0.1) is 0 Å². The molecule has 1 atom stereocenters. The Morgan fingerprint density at radius 1 is 0.362 bits per heavy atom. The van der Waals surface area contributed by atoms with Crippen LogP contribution < -0.4 is 0 Å². The van der Waals surface area contributed by atoms with Crippen LogP contribution in [0.2, 0.25) is 0 Å². The lowest BCUT2D eigenvalue weighted by Crippen LogP contribution is -2.30. The summed E-state index contributed by atoms with van der Waals surface area (Å²) in [6, 6.07) is 0. The minimum atomic E-state index is -0.791. The minimum absolute atomic E-state index is 0.0896. The molecule has 0 amide bonds. The molecule has 0 bridgehead atoms. The van der Waals surface area contributed by atoms with Crippen molar-refractivity contribution in [1.82, 2.24) is 0 Å². The van der Waals surface area contributed by atoms with E-state index in [0.717, 1.165) is 109 Å². The fourth-order valence-electron chi connectivity index (χ4n) is 6.50. The first-order valence-corrected chi connectivity index (χ1v) is 24.0. The van der Waals surface area contributed by atoms with Crippen molar-refractivity contribution in [2.75, 3.05) is 13.2 Å². The standard InChI is InChI=1S/C52H88O6/c1-4-7-10-13-16-19-22-25-28-30-33-36-39-42-45-51(54)57-48-49(58-52(55)46-43-40-37-34-31-27-24-21-18-15-12-9-6-3)47-56-50(53)44-41-38-35-32-29-26-23-20-17-14-11-8-5-2/h8-9,11-12,14-15,17-18,20-21,23-24,49H,4-7,10,13,16,19,22,25-48H2,1-3H3/b11-8-,12-9-,17-14-,18-15-,23-20-,24-21-. The predicted molar refractivity (Wildman–Crippen MR) is 247 cm³/mol. The largest absolute Gasteiger partial charge is 0.462 e. The Morgan fingerprint density at radius 3 is 1.03 bits per heavy atom. The van der Waals surface area contributed by atoms with Gasteiger partial charge in [-0.25, -0.2) is 0 Å². The average molecular weight is 809 g/mol.